The third kappa shape index (κ3) is 5.74. The Bertz CT molecular complexity index is 1370. The van der Waals surface area contributed by atoms with Crippen molar-refractivity contribution in [2.75, 3.05) is 38.2 Å². The predicted octanol–water partition coefficient (Wildman–Crippen LogP) is 3.51. The second-order valence-electron chi connectivity index (χ2n) is 10.6. The summed E-state index contributed by atoms with van der Waals surface area (Å²) in [5, 5.41) is 6.22. The molecule has 0 bridgehead atoms. The molecular formula is C28H31F3N6O3. The first kappa shape index (κ1) is 26.9. The van der Waals surface area contributed by atoms with Crippen LogP contribution in [0, 0.1) is 0 Å². The van der Waals surface area contributed by atoms with Crippen LogP contribution in [0.3, 0.4) is 0 Å². The molecule has 12 heteroatoms. The number of hydrogen-bond acceptors (Lipinski definition) is 8. The van der Waals surface area contributed by atoms with Gasteiger partial charge in [-0.2, -0.15) is 13.2 Å². The molecule has 1 aromatic carbocycles. The minimum absolute atomic E-state index is 0.0506. The Morgan fingerprint density at radius 1 is 1.12 bits per heavy atom. The Labute approximate surface area is 229 Å². The number of nitrogens with one attached hydrogen (secondary N) is 2. The summed E-state index contributed by atoms with van der Waals surface area (Å²) in [5.41, 5.74) is 1.91. The van der Waals surface area contributed by atoms with E-state index in [1.807, 2.05) is 12.3 Å². The van der Waals surface area contributed by atoms with E-state index in [9.17, 15) is 18.0 Å². The molecule has 3 aromatic rings. The fourth-order valence-corrected chi connectivity index (χ4v) is 5.98. The van der Waals surface area contributed by atoms with Crippen molar-refractivity contribution in [1.29, 1.82) is 0 Å². The Morgan fingerprint density at radius 2 is 1.98 bits per heavy atom. The Morgan fingerprint density at radius 3 is 2.80 bits per heavy atom. The molecule has 2 aliphatic heterocycles. The maximum Gasteiger partial charge on any atom is 0.416 e. The summed E-state index contributed by atoms with van der Waals surface area (Å²) < 4.78 is 52.0. The monoisotopic (exact) mass is 556 g/mol. The zero-order valence-corrected chi connectivity index (χ0v) is 21.9. The molecule has 2 unspecified atom stereocenters. The van der Waals surface area contributed by atoms with Crippen LogP contribution >= 0.6 is 0 Å². The summed E-state index contributed by atoms with van der Waals surface area (Å²) in [5.74, 6) is -0.118. The molecule has 2 aromatic heterocycles. The number of likely N-dealkylation sites (tertiary alicyclic amines) is 1. The highest BCUT2D eigenvalue weighted by Gasteiger charge is 2.40. The largest absolute Gasteiger partial charge is 0.416 e. The van der Waals surface area contributed by atoms with Gasteiger partial charge in [-0.25, -0.2) is 9.97 Å². The molecule has 9 nitrogen and oxygen atoms in total. The first-order valence-corrected chi connectivity index (χ1v) is 13.6. The average molecular weight is 557 g/mol. The van der Waals surface area contributed by atoms with Crippen LogP contribution in [0.15, 0.2) is 43.0 Å². The summed E-state index contributed by atoms with van der Waals surface area (Å²) in [4.78, 5) is 27.8. The molecule has 3 aliphatic rings. The van der Waals surface area contributed by atoms with E-state index in [1.54, 1.807) is 6.20 Å². The number of alkyl halides is 3. The van der Waals surface area contributed by atoms with E-state index in [2.05, 4.69) is 30.5 Å². The van der Waals surface area contributed by atoms with Gasteiger partial charge in [0.25, 0.3) is 0 Å². The number of carbonyl (C=O) groups excluding carboxylic acids is 1. The molecule has 1 aliphatic carbocycles. The third-order valence-corrected chi connectivity index (χ3v) is 8.03. The molecule has 2 fully saturated rings. The minimum Gasteiger partial charge on any atom is -0.381 e. The number of nitrogens with zero attached hydrogens (tertiary/aromatic N) is 4. The summed E-state index contributed by atoms with van der Waals surface area (Å²) in [6, 6.07) is 5.42. The van der Waals surface area contributed by atoms with Gasteiger partial charge in [0.1, 0.15) is 12.1 Å². The SMILES string of the molecule is O=C(CNc1ncnc2ccc(C(F)(F)F)cc12)NC1CN(C2CCOCC2)C[C@@H]1OC1CCc2cnccc21. The van der Waals surface area contributed by atoms with E-state index < -0.39 is 11.7 Å². The van der Waals surface area contributed by atoms with Crippen LogP contribution in [0.2, 0.25) is 0 Å². The number of halogens is 3. The smallest absolute Gasteiger partial charge is 0.381 e. The van der Waals surface area contributed by atoms with Gasteiger partial charge >= 0.3 is 6.18 Å². The molecule has 2 saturated heterocycles. The highest BCUT2D eigenvalue weighted by molar-refractivity contribution is 5.91. The Hall–Kier alpha value is -3.35. The molecule has 6 rings (SSSR count). The van der Waals surface area contributed by atoms with Gasteiger partial charge in [0.05, 0.1) is 35.9 Å². The molecule has 4 heterocycles. The lowest BCUT2D eigenvalue weighted by Crippen LogP contribution is -2.46. The number of anilines is 1. The summed E-state index contributed by atoms with van der Waals surface area (Å²) >= 11 is 0. The lowest BCUT2D eigenvalue weighted by Gasteiger charge is -2.31. The second-order valence-corrected chi connectivity index (χ2v) is 10.6. The number of benzene rings is 1. The number of fused-ring (bicyclic) bond motifs is 2. The van der Waals surface area contributed by atoms with Crippen molar-refractivity contribution in [3.8, 4) is 0 Å². The number of amides is 1. The highest BCUT2D eigenvalue weighted by atomic mass is 19.4. The highest BCUT2D eigenvalue weighted by Crippen LogP contribution is 2.36. The van der Waals surface area contributed by atoms with Crippen LogP contribution in [0.25, 0.3) is 10.9 Å². The van der Waals surface area contributed by atoms with E-state index in [1.165, 1.54) is 18.0 Å². The van der Waals surface area contributed by atoms with Crippen molar-refractivity contribution in [2.24, 2.45) is 0 Å². The fourth-order valence-electron chi connectivity index (χ4n) is 5.98. The van der Waals surface area contributed by atoms with Gasteiger partial charge in [-0.05, 0) is 61.1 Å². The molecule has 3 atom stereocenters. The number of aromatic nitrogens is 3. The zero-order valence-electron chi connectivity index (χ0n) is 21.9. The minimum atomic E-state index is -4.50. The van der Waals surface area contributed by atoms with E-state index in [0.717, 1.165) is 56.6 Å². The fraction of sp³-hybridized carbons (Fsp3) is 0.500. The summed E-state index contributed by atoms with van der Waals surface area (Å²) in [6.07, 6.45) is 3.84. The summed E-state index contributed by atoms with van der Waals surface area (Å²) in [6.45, 7) is 2.65. The molecule has 0 saturated carbocycles. The quantitative estimate of drug-likeness (QED) is 0.456. The third-order valence-electron chi connectivity index (χ3n) is 8.03. The van der Waals surface area contributed by atoms with Gasteiger partial charge in [0.2, 0.25) is 5.91 Å². The standard InChI is InChI=1S/C28H31F3N6O3/c29-28(30,31)18-2-3-22-21(11-18)27(35-16-34-22)33-13-26(38)36-23-14-37(19-6-9-39-10-7-19)15-25(23)40-24-4-1-17-12-32-8-5-20(17)24/h2-3,5,8,11-12,16,19,23-25H,1,4,6-7,9-10,13-15H2,(H,36,38)(H,33,34,35)/t23?,24?,25-/m0/s1. The van der Waals surface area contributed by atoms with Crippen molar-refractivity contribution >= 4 is 22.6 Å². The van der Waals surface area contributed by atoms with Crippen LogP contribution < -0.4 is 10.6 Å². The predicted molar refractivity (Wildman–Crippen MR) is 141 cm³/mol. The maximum atomic E-state index is 13.3. The number of rotatable bonds is 7. The number of aryl methyl sites for hydroxylation is 1. The van der Waals surface area contributed by atoms with Gasteiger partial charge in [0, 0.05) is 50.1 Å². The van der Waals surface area contributed by atoms with Crippen molar-refractivity contribution in [1.82, 2.24) is 25.2 Å². The first-order chi connectivity index (χ1) is 19.3. The topological polar surface area (TPSA) is 102 Å². The van der Waals surface area contributed by atoms with Crippen LogP contribution in [0.1, 0.15) is 42.1 Å². The lowest BCUT2D eigenvalue weighted by atomic mass is 10.1. The van der Waals surface area contributed by atoms with Crippen molar-refractivity contribution < 1.29 is 27.4 Å². The van der Waals surface area contributed by atoms with Crippen LogP contribution in [-0.4, -0.2) is 76.8 Å². The Balaban J connectivity index is 1.14. The van der Waals surface area contributed by atoms with Crippen molar-refractivity contribution in [3.05, 3.63) is 59.7 Å². The van der Waals surface area contributed by atoms with Gasteiger partial charge in [-0.3, -0.25) is 14.7 Å². The molecule has 212 valence electrons. The van der Waals surface area contributed by atoms with E-state index in [0.29, 0.717) is 24.6 Å². The average Bonchev–Trinajstić information content (AvgIpc) is 3.56. The van der Waals surface area contributed by atoms with Gasteiger partial charge in [0.15, 0.2) is 0 Å². The van der Waals surface area contributed by atoms with Crippen molar-refractivity contribution in [2.45, 2.75) is 56.2 Å². The van der Waals surface area contributed by atoms with E-state index in [4.69, 9.17) is 9.47 Å². The second kappa shape index (κ2) is 11.3. The molecule has 0 spiro atoms. The first-order valence-electron chi connectivity index (χ1n) is 13.6. The lowest BCUT2D eigenvalue weighted by molar-refractivity contribution is -0.137. The van der Waals surface area contributed by atoms with Gasteiger partial charge in [-0.15, -0.1) is 0 Å². The van der Waals surface area contributed by atoms with Crippen LogP contribution in [0.5, 0.6) is 0 Å². The molecule has 40 heavy (non-hydrogen) atoms. The molecule has 2 N–H and O–H groups in total. The Kier molecular flexibility index (Phi) is 7.56. The van der Waals surface area contributed by atoms with E-state index >= 15 is 0 Å². The number of ether oxygens (including phenoxy) is 2. The van der Waals surface area contributed by atoms with Gasteiger partial charge in [-0.1, -0.05) is 0 Å². The number of pyridine rings is 1. The van der Waals surface area contributed by atoms with E-state index in [-0.39, 0.29) is 41.9 Å². The molecule has 1 amide bonds. The maximum absolute atomic E-state index is 13.3. The molecular weight excluding hydrogens is 525 g/mol. The number of hydrogen-bond donors (Lipinski definition) is 2. The van der Waals surface area contributed by atoms with Crippen LogP contribution in [0.4, 0.5) is 19.0 Å². The molecule has 0 radical (unpaired) electrons. The van der Waals surface area contributed by atoms with Crippen molar-refractivity contribution in [3.63, 3.8) is 0 Å². The zero-order chi connectivity index (χ0) is 27.7. The number of carbonyl (C=O) groups is 1. The summed E-state index contributed by atoms with van der Waals surface area (Å²) in [7, 11) is 0. The van der Waals surface area contributed by atoms with Gasteiger partial charge < -0.3 is 20.1 Å². The van der Waals surface area contributed by atoms with Crippen LogP contribution in [-0.2, 0) is 26.9 Å². The normalized spacial score (nSPS) is 23.8.